The summed E-state index contributed by atoms with van der Waals surface area (Å²) in [4.78, 5) is 28.3. The Kier molecular flexibility index (Phi) is 5.25. The second kappa shape index (κ2) is 7.76. The molecule has 7 heteroatoms. The molecule has 0 spiro atoms. The average Bonchev–Trinajstić information content (AvgIpc) is 3.29. The lowest BCUT2D eigenvalue weighted by atomic mass is 10.2. The van der Waals surface area contributed by atoms with E-state index in [-0.39, 0.29) is 12.3 Å². The quantitative estimate of drug-likeness (QED) is 0.680. The fourth-order valence-electron chi connectivity index (χ4n) is 2.25. The number of carbonyl (C=O) groups excluding carboxylic acids is 2. The van der Waals surface area contributed by atoms with Gasteiger partial charge in [0.15, 0.2) is 11.7 Å². The number of methoxy groups -OCH3 is 1. The summed E-state index contributed by atoms with van der Waals surface area (Å²) in [5.74, 6) is 0.475. The molecule has 3 rings (SSSR count). The van der Waals surface area contributed by atoms with Crippen molar-refractivity contribution in [2.24, 2.45) is 0 Å². The van der Waals surface area contributed by atoms with Crippen molar-refractivity contribution < 1.29 is 18.7 Å². The first-order valence-electron chi connectivity index (χ1n) is 7.63. The number of esters is 1. The molecule has 0 aliphatic heterocycles. The Bertz CT molecular complexity index is 870. The second-order valence-electron chi connectivity index (χ2n) is 5.19. The molecule has 1 aromatic carbocycles. The van der Waals surface area contributed by atoms with E-state index in [1.54, 1.807) is 17.6 Å². The molecule has 1 amide bonds. The smallest absolute Gasteiger partial charge is 0.350 e. The molecule has 25 heavy (non-hydrogen) atoms. The van der Waals surface area contributed by atoms with Gasteiger partial charge in [-0.05, 0) is 11.4 Å². The molecule has 0 saturated heterocycles. The normalized spacial score (nSPS) is 10.4. The van der Waals surface area contributed by atoms with E-state index in [2.05, 4.69) is 15.0 Å². The molecule has 0 aliphatic carbocycles. The maximum absolute atomic E-state index is 12.1. The molecule has 0 fully saturated rings. The number of amides is 1. The number of anilines is 1. The van der Waals surface area contributed by atoms with E-state index in [9.17, 15) is 9.59 Å². The Morgan fingerprint density at radius 1 is 1.24 bits per heavy atom. The number of aromatic nitrogens is 1. The number of aryl methyl sites for hydroxylation is 1. The van der Waals surface area contributed by atoms with Crippen LogP contribution in [0.15, 0.2) is 52.4 Å². The number of oxazole rings is 1. The van der Waals surface area contributed by atoms with Crippen molar-refractivity contribution in [3.63, 3.8) is 0 Å². The molecule has 2 aromatic heterocycles. The van der Waals surface area contributed by atoms with Gasteiger partial charge in [0.25, 0.3) is 0 Å². The van der Waals surface area contributed by atoms with Crippen LogP contribution in [0.3, 0.4) is 0 Å². The molecule has 0 aliphatic rings. The molecule has 6 nitrogen and oxygen atoms in total. The SMILES string of the molecule is COC(=O)c1sccc1NC(=O)CCc1ncc(-c2ccccc2)o1. The average molecular weight is 356 g/mol. The summed E-state index contributed by atoms with van der Waals surface area (Å²) in [6.07, 6.45) is 2.22. The van der Waals surface area contributed by atoms with Gasteiger partial charge in [-0.1, -0.05) is 30.3 Å². The zero-order valence-corrected chi connectivity index (χ0v) is 14.3. The summed E-state index contributed by atoms with van der Waals surface area (Å²) in [6.45, 7) is 0. The van der Waals surface area contributed by atoms with Crippen LogP contribution < -0.4 is 5.32 Å². The van der Waals surface area contributed by atoms with Crippen molar-refractivity contribution in [2.45, 2.75) is 12.8 Å². The van der Waals surface area contributed by atoms with E-state index >= 15 is 0 Å². The number of hydrogen-bond acceptors (Lipinski definition) is 6. The van der Waals surface area contributed by atoms with E-state index in [0.29, 0.717) is 28.6 Å². The predicted octanol–water partition coefficient (Wildman–Crippen LogP) is 3.76. The number of nitrogens with one attached hydrogen (secondary N) is 1. The first-order valence-corrected chi connectivity index (χ1v) is 8.51. The molecular weight excluding hydrogens is 340 g/mol. The number of thiophene rings is 1. The number of nitrogens with zero attached hydrogens (tertiary/aromatic N) is 1. The third kappa shape index (κ3) is 4.13. The summed E-state index contributed by atoms with van der Waals surface area (Å²) in [5, 5.41) is 4.44. The maximum atomic E-state index is 12.1. The number of ether oxygens (including phenoxy) is 1. The van der Waals surface area contributed by atoms with Gasteiger partial charge in [0.1, 0.15) is 4.88 Å². The lowest BCUT2D eigenvalue weighted by molar-refractivity contribution is -0.116. The minimum absolute atomic E-state index is 0.200. The highest BCUT2D eigenvalue weighted by atomic mass is 32.1. The number of hydrogen-bond donors (Lipinski definition) is 1. The Morgan fingerprint density at radius 3 is 2.80 bits per heavy atom. The van der Waals surface area contributed by atoms with E-state index in [1.165, 1.54) is 18.4 Å². The molecule has 0 bridgehead atoms. The van der Waals surface area contributed by atoms with Gasteiger partial charge in [-0.15, -0.1) is 11.3 Å². The Balaban J connectivity index is 1.57. The van der Waals surface area contributed by atoms with Crippen molar-refractivity contribution in [2.75, 3.05) is 12.4 Å². The zero-order chi connectivity index (χ0) is 17.6. The molecule has 2 heterocycles. The van der Waals surface area contributed by atoms with Crippen LogP contribution >= 0.6 is 11.3 Å². The van der Waals surface area contributed by atoms with Crippen molar-refractivity contribution in [3.8, 4) is 11.3 Å². The van der Waals surface area contributed by atoms with Gasteiger partial charge in [-0.25, -0.2) is 9.78 Å². The Labute approximate surface area is 148 Å². The maximum Gasteiger partial charge on any atom is 0.350 e. The van der Waals surface area contributed by atoms with Crippen molar-refractivity contribution >= 4 is 28.9 Å². The molecule has 1 N–H and O–H groups in total. The van der Waals surface area contributed by atoms with Crippen LogP contribution in [0.1, 0.15) is 22.0 Å². The molecule has 128 valence electrons. The lowest BCUT2D eigenvalue weighted by Crippen LogP contribution is -2.14. The fraction of sp³-hybridized carbons (Fsp3) is 0.167. The summed E-state index contributed by atoms with van der Waals surface area (Å²) in [7, 11) is 1.31. The van der Waals surface area contributed by atoms with Crippen molar-refractivity contribution in [3.05, 3.63) is 58.7 Å². The van der Waals surface area contributed by atoms with Crippen LogP contribution in [-0.4, -0.2) is 24.0 Å². The third-order valence-corrected chi connectivity index (χ3v) is 4.38. The first kappa shape index (κ1) is 16.9. The summed E-state index contributed by atoms with van der Waals surface area (Å²) < 4.78 is 10.4. The predicted molar refractivity (Wildman–Crippen MR) is 94.5 cm³/mol. The van der Waals surface area contributed by atoms with Crippen LogP contribution in [0.4, 0.5) is 5.69 Å². The highest BCUT2D eigenvalue weighted by Gasteiger charge is 2.16. The molecular formula is C18H16N2O4S. The topological polar surface area (TPSA) is 81.4 Å². The van der Waals surface area contributed by atoms with Crippen LogP contribution in [0.5, 0.6) is 0 Å². The Morgan fingerprint density at radius 2 is 2.04 bits per heavy atom. The summed E-state index contributed by atoms with van der Waals surface area (Å²) >= 11 is 1.22. The number of carbonyl (C=O) groups is 2. The second-order valence-corrected chi connectivity index (χ2v) is 6.10. The number of benzene rings is 1. The van der Waals surface area contributed by atoms with Gasteiger partial charge in [0.2, 0.25) is 5.91 Å². The van der Waals surface area contributed by atoms with Crippen molar-refractivity contribution in [1.82, 2.24) is 4.98 Å². The van der Waals surface area contributed by atoms with Crippen molar-refractivity contribution in [1.29, 1.82) is 0 Å². The van der Waals surface area contributed by atoms with Gasteiger partial charge in [-0.3, -0.25) is 4.79 Å². The zero-order valence-electron chi connectivity index (χ0n) is 13.5. The van der Waals surface area contributed by atoms with E-state index in [4.69, 9.17) is 4.42 Å². The van der Waals surface area contributed by atoms with Gasteiger partial charge in [0.05, 0.1) is 19.0 Å². The summed E-state index contributed by atoms with van der Waals surface area (Å²) in [6, 6.07) is 11.3. The first-order chi connectivity index (χ1) is 12.2. The highest BCUT2D eigenvalue weighted by molar-refractivity contribution is 7.12. The highest BCUT2D eigenvalue weighted by Crippen LogP contribution is 2.24. The van der Waals surface area contributed by atoms with E-state index in [1.807, 2.05) is 30.3 Å². The molecule has 0 radical (unpaired) electrons. The van der Waals surface area contributed by atoms with Crippen LogP contribution in [0.25, 0.3) is 11.3 Å². The molecule has 0 atom stereocenters. The Hall–Kier alpha value is -2.93. The molecule has 0 saturated carbocycles. The largest absolute Gasteiger partial charge is 0.465 e. The van der Waals surface area contributed by atoms with Crippen LogP contribution in [0.2, 0.25) is 0 Å². The minimum atomic E-state index is -0.467. The van der Waals surface area contributed by atoms with Gasteiger partial charge in [-0.2, -0.15) is 0 Å². The van der Waals surface area contributed by atoms with Gasteiger partial charge >= 0.3 is 5.97 Å². The third-order valence-electron chi connectivity index (χ3n) is 3.49. The lowest BCUT2D eigenvalue weighted by Gasteiger charge is -2.04. The van der Waals surface area contributed by atoms with Crippen LogP contribution in [0, 0.1) is 0 Å². The van der Waals surface area contributed by atoms with Gasteiger partial charge < -0.3 is 14.5 Å². The summed E-state index contributed by atoms with van der Waals surface area (Å²) in [5.41, 5.74) is 1.39. The van der Waals surface area contributed by atoms with Gasteiger partial charge in [0, 0.05) is 18.4 Å². The monoisotopic (exact) mass is 356 g/mol. The molecule has 3 aromatic rings. The number of rotatable bonds is 6. The molecule has 0 unspecified atom stereocenters. The van der Waals surface area contributed by atoms with Crippen LogP contribution in [-0.2, 0) is 16.0 Å². The van der Waals surface area contributed by atoms with E-state index < -0.39 is 5.97 Å². The fourth-order valence-corrected chi connectivity index (χ4v) is 3.02. The van der Waals surface area contributed by atoms with E-state index in [0.717, 1.165) is 5.56 Å². The minimum Gasteiger partial charge on any atom is -0.465 e. The standard InChI is InChI=1S/C18H16N2O4S/c1-23-18(22)17-13(9-10-25-17)20-15(21)7-8-16-19-11-14(24-16)12-5-3-2-4-6-12/h2-6,9-11H,7-8H2,1H3,(H,20,21).